The number of nitrogens with zero attached hydrogens (tertiary/aromatic N) is 6. The summed E-state index contributed by atoms with van der Waals surface area (Å²) in [5.74, 6) is 0.250. The van der Waals surface area contributed by atoms with Crippen LogP contribution in [0.1, 0.15) is 0 Å². The summed E-state index contributed by atoms with van der Waals surface area (Å²) in [6.07, 6.45) is 0. The summed E-state index contributed by atoms with van der Waals surface area (Å²) in [6.45, 7) is 0. The van der Waals surface area contributed by atoms with Gasteiger partial charge in [-0.1, -0.05) is 0 Å². The van der Waals surface area contributed by atoms with Gasteiger partial charge < -0.3 is 53.6 Å². The molecule has 0 bridgehead atoms. The highest BCUT2D eigenvalue weighted by Gasteiger charge is 1.94. The molecule has 0 aliphatic rings. The Morgan fingerprint density at radius 1 is 0.609 bits per heavy atom. The van der Waals surface area contributed by atoms with E-state index in [9.17, 15) is 0 Å². The van der Waals surface area contributed by atoms with Crippen LogP contribution in [0.2, 0.25) is 0 Å². The summed E-state index contributed by atoms with van der Waals surface area (Å²) in [5, 5.41) is 0. The minimum atomic E-state index is -5.14. The second-order valence-electron chi connectivity index (χ2n) is 3.29. The molecule has 2 aromatic heterocycles. The van der Waals surface area contributed by atoms with Crippen molar-refractivity contribution in [3.05, 3.63) is 0 Å². The summed E-state index contributed by atoms with van der Waals surface area (Å²) >= 11 is 0. The summed E-state index contributed by atoms with van der Waals surface area (Å²) in [4.78, 5) is 45.2. The molecule has 0 aliphatic heterocycles. The Balaban J connectivity index is 0.000000332. The molecule has 23 heavy (non-hydrogen) atoms. The summed E-state index contributed by atoms with van der Waals surface area (Å²) in [7, 11) is -5.14. The number of anilines is 6. The highest BCUT2D eigenvalue weighted by atomic mass is 31.2. The Bertz CT molecular complexity index is 533. The van der Waals surface area contributed by atoms with Crippen LogP contribution in [-0.2, 0) is 4.57 Å². The molecule has 0 spiro atoms. The van der Waals surface area contributed by atoms with Crippen LogP contribution in [0.25, 0.3) is 0 Å². The molecule has 0 fully saturated rings. The highest BCUT2D eigenvalue weighted by molar-refractivity contribution is 7.42. The van der Waals surface area contributed by atoms with E-state index in [1.165, 1.54) is 0 Å². The first-order valence-electron chi connectivity index (χ1n) is 5.16. The number of phosphoric acid groups is 1. The fourth-order valence-corrected chi connectivity index (χ4v) is 0.854. The third kappa shape index (κ3) is 12.4. The molecule has 0 saturated heterocycles. The third-order valence-electron chi connectivity index (χ3n) is 1.37. The monoisotopic (exact) mass is 348 g/mol. The van der Waals surface area contributed by atoms with Crippen molar-refractivity contribution >= 4 is 43.5 Å². The molecule has 0 aromatic carbocycles. The lowest BCUT2D eigenvalue weighted by atomic mass is 10.9. The Hall–Kier alpha value is -3.07. The number of aromatic nitrogens is 6. The first kappa shape index (κ1) is 19.9. The first-order chi connectivity index (χ1) is 10.4. The van der Waals surface area contributed by atoms with Crippen LogP contribution in [0.15, 0.2) is 0 Å². The van der Waals surface area contributed by atoms with E-state index in [0.717, 1.165) is 0 Å². The molecule has 2 heterocycles. The largest absolute Gasteiger partial charge is 0.790 e. The molecule has 0 radical (unpaired) electrons. The van der Waals surface area contributed by atoms with Gasteiger partial charge in [-0.15, -0.1) is 0 Å². The van der Waals surface area contributed by atoms with E-state index in [1.807, 2.05) is 0 Å². The van der Waals surface area contributed by atoms with Crippen LogP contribution in [-0.4, -0.2) is 34.8 Å². The normalized spacial score (nSPS) is 9.87. The summed E-state index contributed by atoms with van der Waals surface area (Å²) in [5.41, 5.74) is 30.8. The number of nitrogens with two attached hydrogens (primary N) is 6. The Morgan fingerprint density at radius 3 is 0.783 bits per heavy atom. The predicted octanol–water partition coefficient (Wildman–Crippen LogP) is -4.96. The third-order valence-corrected chi connectivity index (χ3v) is 1.37. The van der Waals surface area contributed by atoms with Gasteiger partial charge in [0.25, 0.3) is 0 Å². The first-order valence-corrected chi connectivity index (χ1v) is 6.66. The van der Waals surface area contributed by atoms with Gasteiger partial charge in [0, 0.05) is 0 Å². The van der Waals surface area contributed by atoms with Gasteiger partial charge in [-0.3, -0.25) is 0 Å². The standard InChI is InChI=1S/2C3H6N6.H3O4P/c2*4-1-7-2(5)9-3(6)8-1;1-5(2,3)4/h2*(H6,4,5,6,7,8,9);(H3,1,2,3,4)/p-2. The van der Waals surface area contributed by atoms with E-state index in [1.54, 1.807) is 0 Å². The van der Waals surface area contributed by atoms with Gasteiger partial charge in [0.2, 0.25) is 35.7 Å². The molecule has 0 aliphatic carbocycles. The van der Waals surface area contributed by atoms with Crippen molar-refractivity contribution in [1.82, 2.24) is 29.9 Å². The molecule has 2 aromatic rings. The lowest BCUT2D eigenvalue weighted by Gasteiger charge is -2.19. The number of nitrogen functional groups attached to an aromatic ring is 6. The van der Waals surface area contributed by atoms with Crippen molar-refractivity contribution in [1.29, 1.82) is 0 Å². The average molecular weight is 348 g/mol. The van der Waals surface area contributed by atoms with E-state index in [4.69, 9.17) is 53.6 Å². The second-order valence-corrected chi connectivity index (χ2v) is 4.23. The van der Waals surface area contributed by atoms with Crippen molar-refractivity contribution in [2.24, 2.45) is 0 Å². The zero-order chi connectivity index (χ0) is 18.2. The molecule has 0 unspecified atom stereocenters. The van der Waals surface area contributed by atoms with Crippen LogP contribution in [0, 0.1) is 0 Å². The maximum Gasteiger partial charge on any atom is 0.226 e. The minimum Gasteiger partial charge on any atom is -0.790 e. The zero-order valence-electron chi connectivity index (χ0n) is 11.3. The van der Waals surface area contributed by atoms with Crippen LogP contribution in [0.3, 0.4) is 0 Å². The SMILES string of the molecule is Nc1nc(N)nc(N)n1.Nc1nc(N)nc(N)n1.O=P([O-])([O-])O. The maximum atomic E-state index is 8.66. The molecule has 0 atom stereocenters. The zero-order valence-corrected chi connectivity index (χ0v) is 12.2. The average Bonchev–Trinajstić information content (AvgIpc) is 2.22. The summed E-state index contributed by atoms with van der Waals surface area (Å²) < 4.78 is 8.66. The molecule has 128 valence electrons. The van der Waals surface area contributed by atoms with Crippen molar-refractivity contribution in [3.8, 4) is 0 Å². The van der Waals surface area contributed by atoms with Gasteiger partial charge >= 0.3 is 0 Å². The molecular formula is C6H13N12O4P-2. The second kappa shape index (κ2) is 8.39. The summed E-state index contributed by atoms with van der Waals surface area (Å²) in [6, 6.07) is 0. The van der Waals surface area contributed by atoms with Crippen molar-refractivity contribution in [3.63, 3.8) is 0 Å². The number of rotatable bonds is 0. The van der Waals surface area contributed by atoms with Gasteiger partial charge in [0.15, 0.2) is 0 Å². The van der Waals surface area contributed by atoms with Crippen LogP contribution < -0.4 is 44.2 Å². The predicted molar refractivity (Wildman–Crippen MR) is 76.0 cm³/mol. The Labute approximate surface area is 128 Å². The van der Waals surface area contributed by atoms with Crippen LogP contribution in [0.4, 0.5) is 35.7 Å². The van der Waals surface area contributed by atoms with Crippen molar-refractivity contribution in [2.75, 3.05) is 34.4 Å². The van der Waals surface area contributed by atoms with Crippen molar-refractivity contribution < 1.29 is 19.2 Å². The Morgan fingerprint density at radius 2 is 0.696 bits per heavy atom. The quantitative estimate of drug-likeness (QED) is 0.219. The number of hydrogen-bond donors (Lipinski definition) is 7. The number of hydrogen-bond acceptors (Lipinski definition) is 15. The fraction of sp³-hybridized carbons (Fsp3) is 0. The topological polar surface area (TPSA) is 317 Å². The van der Waals surface area contributed by atoms with E-state index >= 15 is 0 Å². The molecule has 2 rings (SSSR count). The molecule has 16 nitrogen and oxygen atoms in total. The van der Waals surface area contributed by atoms with E-state index in [0.29, 0.717) is 0 Å². The molecular weight excluding hydrogens is 335 g/mol. The molecule has 0 amide bonds. The van der Waals surface area contributed by atoms with Crippen LogP contribution >= 0.6 is 7.82 Å². The Kier molecular flexibility index (Phi) is 7.27. The maximum absolute atomic E-state index is 8.66. The van der Waals surface area contributed by atoms with Gasteiger partial charge in [0.1, 0.15) is 0 Å². The molecule has 0 saturated carbocycles. The highest BCUT2D eigenvalue weighted by Crippen LogP contribution is 2.11. The van der Waals surface area contributed by atoms with E-state index in [-0.39, 0.29) is 35.7 Å². The minimum absolute atomic E-state index is 0.0417. The van der Waals surface area contributed by atoms with Gasteiger partial charge in [0.05, 0.1) is 7.82 Å². The fourth-order valence-electron chi connectivity index (χ4n) is 0.854. The molecule has 13 N–H and O–H groups in total. The lowest BCUT2D eigenvalue weighted by molar-refractivity contribution is -0.337. The van der Waals surface area contributed by atoms with Crippen LogP contribution in [0.5, 0.6) is 0 Å². The lowest BCUT2D eigenvalue weighted by Crippen LogP contribution is -2.11. The van der Waals surface area contributed by atoms with Gasteiger partial charge in [-0.05, 0) is 0 Å². The molecule has 17 heteroatoms. The smallest absolute Gasteiger partial charge is 0.226 e. The van der Waals surface area contributed by atoms with E-state index < -0.39 is 7.82 Å². The van der Waals surface area contributed by atoms with Gasteiger partial charge in [-0.2, -0.15) is 29.9 Å². The van der Waals surface area contributed by atoms with Gasteiger partial charge in [-0.25, -0.2) is 0 Å². The van der Waals surface area contributed by atoms with E-state index in [2.05, 4.69) is 29.9 Å². The van der Waals surface area contributed by atoms with Crippen molar-refractivity contribution in [2.45, 2.75) is 0 Å².